The maximum absolute atomic E-state index is 13.4. The van der Waals surface area contributed by atoms with Crippen molar-refractivity contribution in [2.75, 3.05) is 6.61 Å². The van der Waals surface area contributed by atoms with Crippen LogP contribution in [0.3, 0.4) is 0 Å². The van der Waals surface area contributed by atoms with Gasteiger partial charge in [-0.05, 0) is 18.6 Å². The van der Waals surface area contributed by atoms with Crippen molar-refractivity contribution in [3.8, 4) is 0 Å². The van der Waals surface area contributed by atoms with Crippen LogP contribution in [-0.4, -0.2) is 33.0 Å². The van der Waals surface area contributed by atoms with Crippen LogP contribution in [0.1, 0.15) is 24.8 Å². The Kier molecular flexibility index (Phi) is 5.82. The summed E-state index contributed by atoms with van der Waals surface area (Å²) in [6, 6.07) is 8.06. The molecule has 0 amide bonds. The van der Waals surface area contributed by atoms with Crippen molar-refractivity contribution in [1.29, 1.82) is 0 Å². The first-order valence-corrected chi connectivity index (χ1v) is 8.40. The summed E-state index contributed by atoms with van der Waals surface area (Å²) in [7, 11) is -3.88. The minimum atomic E-state index is -5.33. The Morgan fingerprint density at radius 2 is 1.76 bits per heavy atom. The van der Waals surface area contributed by atoms with Crippen LogP contribution in [0.15, 0.2) is 42.1 Å². The van der Waals surface area contributed by atoms with Crippen molar-refractivity contribution in [2.24, 2.45) is 0 Å². The minimum Gasteiger partial charge on any atom is -0.358 e. The monoisotopic (exact) mass is 387 g/mol. The van der Waals surface area contributed by atoms with E-state index < -0.39 is 40.5 Å². The zero-order valence-electron chi connectivity index (χ0n) is 13.0. The molecule has 1 aromatic carbocycles. The van der Waals surface area contributed by atoms with Crippen LogP contribution in [0.5, 0.6) is 0 Å². The highest BCUT2D eigenvalue weighted by Crippen LogP contribution is 2.43. The van der Waals surface area contributed by atoms with Gasteiger partial charge in [0.15, 0.2) is 0 Å². The highest BCUT2D eigenvalue weighted by molar-refractivity contribution is 7.83. The molecule has 0 aliphatic carbocycles. The summed E-state index contributed by atoms with van der Waals surface area (Å²) in [6.07, 6.45) is -6.23. The zero-order valence-corrected chi connectivity index (χ0v) is 13.8. The van der Waals surface area contributed by atoms with E-state index in [-0.39, 0.29) is 17.3 Å². The number of ether oxygens (including phenoxy) is 1. The first-order valence-electron chi connectivity index (χ1n) is 7.29. The molecular formula is C15H15F6NO2S. The van der Waals surface area contributed by atoms with Gasteiger partial charge in [0.1, 0.15) is 11.9 Å². The molecule has 0 unspecified atom stereocenters. The van der Waals surface area contributed by atoms with Crippen LogP contribution >= 0.6 is 0 Å². The van der Waals surface area contributed by atoms with E-state index in [0.717, 1.165) is 0 Å². The fourth-order valence-corrected chi connectivity index (χ4v) is 3.51. The number of hydrogen-bond acceptors (Lipinski definition) is 2. The highest BCUT2D eigenvalue weighted by atomic mass is 32.2. The summed E-state index contributed by atoms with van der Waals surface area (Å²) in [5, 5.41) is 0. The molecule has 3 nitrogen and oxygen atoms in total. The van der Waals surface area contributed by atoms with E-state index in [4.69, 9.17) is 4.74 Å². The van der Waals surface area contributed by atoms with Crippen molar-refractivity contribution in [3.63, 3.8) is 0 Å². The van der Waals surface area contributed by atoms with Gasteiger partial charge in [0.05, 0.1) is 0 Å². The molecule has 1 aliphatic rings. The lowest BCUT2D eigenvalue weighted by molar-refractivity contribution is -0.128. The molecule has 0 aromatic heterocycles. The fourth-order valence-electron chi connectivity index (χ4n) is 2.59. The second kappa shape index (κ2) is 7.36. The standard InChI is InChI=1S/C15H15F6NO2S/c1-2-24-13-9-11(10-6-4-3-5-7-10)8-12(14(16,17)18)22(13)25(23)15(19,20)21/h3-8,11,13H,2,9H2,1H3/t11-,13-,25-/m0/s1. The Morgan fingerprint density at radius 3 is 2.24 bits per heavy atom. The molecule has 0 saturated carbocycles. The van der Waals surface area contributed by atoms with E-state index in [0.29, 0.717) is 11.6 Å². The molecule has 1 aliphatic heterocycles. The van der Waals surface area contributed by atoms with Gasteiger partial charge in [0.25, 0.3) is 0 Å². The summed E-state index contributed by atoms with van der Waals surface area (Å²) >= 11 is 0. The maximum Gasteiger partial charge on any atom is 0.491 e. The van der Waals surface area contributed by atoms with Crippen LogP contribution in [0.2, 0.25) is 0 Å². The Labute approximate surface area is 142 Å². The predicted octanol–water partition coefficient (Wildman–Crippen LogP) is 4.47. The Bertz CT molecular complexity index is 644. The lowest BCUT2D eigenvalue weighted by atomic mass is 9.91. The van der Waals surface area contributed by atoms with Gasteiger partial charge in [-0.2, -0.15) is 26.3 Å². The number of hydrogen-bond donors (Lipinski definition) is 0. The van der Waals surface area contributed by atoms with Crippen LogP contribution in [-0.2, 0) is 15.7 Å². The second-order valence-corrected chi connectivity index (χ2v) is 6.59. The lowest BCUT2D eigenvalue weighted by Crippen LogP contribution is -2.49. The van der Waals surface area contributed by atoms with Crippen molar-refractivity contribution < 1.29 is 35.3 Å². The summed E-state index contributed by atoms with van der Waals surface area (Å²) in [6.45, 7) is 1.32. The van der Waals surface area contributed by atoms with E-state index >= 15 is 0 Å². The lowest BCUT2D eigenvalue weighted by Gasteiger charge is -2.39. The maximum atomic E-state index is 13.4. The zero-order chi connectivity index (χ0) is 18.8. The molecule has 2 rings (SSSR count). The van der Waals surface area contributed by atoms with Gasteiger partial charge in [0, 0.05) is 18.9 Å². The number of halogens is 6. The van der Waals surface area contributed by atoms with Crippen molar-refractivity contribution in [2.45, 2.75) is 37.2 Å². The third-order valence-electron chi connectivity index (χ3n) is 3.57. The van der Waals surface area contributed by atoms with E-state index in [1.165, 1.54) is 6.92 Å². The van der Waals surface area contributed by atoms with Gasteiger partial charge in [-0.1, -0.05) is 30.3 Å². The number of nitrogens with zero attached hydrogens (tertiary/aromatic N) is 1. The Hall–Kier alpha value is -1.55. The molecule has 140 valence electrons. The SMILES string of the molecule is CCO[C@H]1C[C@@H](c2ccccc2)C=C(C(F)(F)F)N1[S@@](=O)C(F)(F)F. The smallest absolute Gasteiger partial charge is 0.358 e. The van der Waals surface area contributed by atoms with E-state index in [9.17, 15) is 30.6 Å². The van der Waals surface area contributed by atoms with E-state index in [1.807, 2.05) is 0 Å². The molecule has 0 saturated heterocycles. The number of alkyl halides is 6. The van der Waals surface area contributed by atoms with Crippen LogP contribution in [0.4, 0.5) is 26.3 Å². The number of allylic oxidation sites excluding steroid dienone is 2. The van der Waals surface area contributed by atoms with Gasteiger partial charge in [0.2, 0.25) is 11.0 Å². The Morgan fingerprint density at radius 1 is 1.16 bits per heavy atom. The number of benzene rings is 1. The predicted molar refractivity (Wildman–Crippen MR) is 79.4 cm³/mol. The largest absolute Gasteiger partial charge is 0.491 e. The van der Waals surface area contributed by atoms with Gasteiger partial charge in [-0.25, -0.2) is 4.21 Å². The molecular weight excluding hydrogens is 372 g/mol. The molecule has 0 radical (unpaired) electrons. The molecule has 0 bridgehead atoms. The van der Waals surface area contributed by atoms with Gasteiger partial charge in [-0.3, -0.25) is 4.31 Å². The van der Waals surface area contributed by atoms with Crippen molar-refractivity contribution >= 4 is 11.0 Å². The van der Waals surface area contributed by atoms with Crippen molar-refractivity contribution in [1.82, 2.24) is 4.31 Å². The quantitative estimate of drug-likeness (QED) is 0.714. The van der Waals surface area contributed by atoms with E-state index in [2.05, 4.69) is 0 Å². The molecule has 25 heavy (non-hydrogen) atoms. The molecule has 0 fully saturated rings. The fraction of sp³-hybridized carbons (Fsp3) is 0.467. The second-order valence-electron chi connectivity index (χ2n) is 5.23. The topological polar surface area (TPSA) is 29.5 Å². The van der Waals surface area contributed by atoms with Gasteiger partial charge in [-0.15, -0.1) is 0 Å². The van der Waals surface area contributed by atoms with Crippen molar-refractivity contribution in [3.05, 3.63) is 47.7 Å². The molecule has 1 heterocycles. The summed E-state index contributed by atoms with van der Waals surface area (Å²) in [5.74, 6) is -0.809. The molecule has 10 heteroatoms. The van der Waals surface area contributed by atoms with Crippen LogP contribution in [0.25, 0.3) is 0 Å². The normalized spacial score (nSPS) is 23.3. The third-order valence-corrected chi connectivity index (χ3v) is 4.75. The molecule has 0 spiro atoms. The van der Waals surface area contributed by atoms with Crippen LogP contribution in [0, 0.1) is 0 Å². The summed E-state index contributed by atoms with van der Waals surface area (Å²) < 4.78 is 95.2. The molecule has 0 N–H and O–H groups in total. The van der Waals surface area contributed by atoms with Gasteiger partial charge >= 0.3 is 11.7 Å². The molecule has 1 aromatic rings. The number of rotatable bonds is 4. The third kappa shape index (κ3) is 4.55. The highest BCUT2D eigenvalue weighted by Gasteiger charge is 2.53. The summed E-state index contributed by atoms with van der Waals surface area (Å²) in [4.78, 5) is 0. The van der Waals surface area contributed by atoms with E-state index in [1.54, 1.807) is 30.3 Å². The average Bonchev–Trinajstić information content (AvgIpc) is 2.53. The molecule has 3 atom stereocenters. The first kappa shape index (κ1) is 19.8. The summed E-state index contributed by atoms with van der Waals surface area (Å²) in [5.41, 5.74) is -6.44. The van der Waals surface area contributed by atoms with Crippen LogP contribution < -0.4 is 0 Å². The Balaban J connectivity index is 2.53. The minimum absolute atomic E-state index is 0.122. The van der Waals surface area contributed by atoms with Gasteiger partial charge < -0.3 is 4.74 Å². The average molecular weight is 387 g/mol. The first-order chi connectivity index (χ1) is 11.6.